The Morgan fingerprint density at radius 3 is 2.21 bits per heavy atom. The molecule has 0 aromatic rings. The van der Waals surface area contributed by atoms with E-state index >= 15 is 0 Å². The SMILES string of the molecule is CC.COCCN1CCC(CN2CCNCC2)CC1. The Kier molecular flexibility index (Phi) is 9.43. The zero-order valence-electron chi connectivity index (χ0n) is 13.2. The third-order valence-electron chi connectivity index (χ3n) is 4.04. The summed E-state index contributed by atoms with van der Waals surface area (Å²) in [4.78, 5) is 5.17. The molecule has 0 saturated carbocycles. The summed E-state index contributed by atoms with van der Waals surface area (Å²) in [6.07, 6.45) is 2.74. The predicted octanol–water partition coefficient (Wildman–Crippen LogP) is 1.28. The van der Waals surface area contributed by atoms with Gasteiger partial charge in [0.1, 0.15) is 0 Å². The normalized spacial score (nSPS) is 22.9. The molecule has 0 unspecified atom stereocenters. The van der Waals surface area contributed by atoms with Gasteiger partial charge in [-0.15, -0.1) is 0 Å². The molecule has 0 atom stereocenters. The highest BCUT2D eigenvalue weighted by Gasteiger charge is 2.21. The molecule has 0 aromatic heterocycles. The zero-order chi connectivity index (χ0) is 13.9. The molecular formula is C15H33N3O. The number of piperazine rings is 1. The summed E-state index contributed by atoms with van der Waals surface area (Å²) >= 11 is 0. The van der Waals surface area contributed by atoms with Crippen LogP contribution in [0.15, 0.2) is 0 Å². The molecule has 2 heterocycles. The van der Waals surface area contributed by atoms with Crippen LogP contribution in [0.5, 0.6) is 0 Å². The second kappa shape index (κ2) is 10.6. The first kappa shape index (κ1) is 16.9. The molecule has 2 aliphatic heterocycles. The summed E-state index contributed by atoms with van der Waals surface area (Å²) in [5, 5.41) is 3.42. The lowest BCUT2D eigenvalue weighted by molar-refractivity contribution is 0.104. The minimum absolute atomic E-state index is 0.877. The van der Waals surface area contributed by atoms with E-state index in [4.69, 9.17) is 4.74 Å². The van der Waals surface area contributed by atoms with Crippen molar-refractivity contribution in [3.63, 3.8) is 0 Å². The molecule has 0 aliphatic carbocycles. The number of nitrogens with zero attached hydrogens (tertiary/aromatic N) is 2. The van der Waals surface area contributed by atoms with Crippen molar-refractivity contribution in [3.05, 3.63) is 0 Å². The summed E-state index contributed by atoms with van der Waals surface area (Å²) in [5.41, 5.74) is 0. The molecule has 0 amide bonds. The summed E-state index contributed by atoms with van der Waals surface area (Å²) in [7, 11) is 1.79. The number of nitrogens with one attached hydrogen (secondary N) is 1. The Morgan fingerprint density at radius 1 is 1.00 bits per heavy atom. The van der Waals surface area contributed by atoms with Gasteiger partial charge in [0.25, 0.3) is 0 Å². The van der Waals surface area contributed by atoms with Crippen molar-refractivity contribution in [3.8, 4) is 0 Å². The van der Waals surface area contributed by atoms with Crippen LogP contribution in [-0.4, -0.2) is 75.9 Å². The molecule has 2 rings (SSSR count). The summed E-state index contributed by atoms with van der Waals surface area (Å²) < 4.78 is 5.14. The highest BCUT2D eigenvalue weighted by molar-refractivity contribution is 4.77. The number of hydrogen-bond acceptors (Lipinski definition) is 4. The maximum Gasteiger partial charge on any atom is 0.0589 e. The van der Waals surface area contributed by atoms with Crippen LogP contribution in [0.3, 0.4) is 0 Å². The smallest absolute Gasteiger partial charge is 0.0589 e. The molecule has 19 heavy (non-hydrogen) atoms. The van der Waals surface area contributed by atoms with E-state index in [2.05, 4.69) is 15.1 Å². The Morgan fingerprint density at radius 2 is 1.63 bits per heavy atom. The fourth-order valence-corrected chi connectivity index (χ4v) is 2.87. The molecule has 2 fully saturated rings. The van der Waals surface area contributed by atoms with E-state index in [1.165, 1.54) is 58.7 Å². The van der Waals surface area contributed by atoms with Crippen molar-refractivity contribution in [1.82, 2.24) is 15.1 Å². The molecule has 1 N–H and O–H groups in total. The van der Waals surface area contributed by atoms with Gasteiger partial charge in [0.05, 0.1) is 6.61 Å². The van der Waals surface area contributed by atoms with Crippen LogP contribution in [-0.2, 0) is 4.74 Å². The molecular weight excluding hydrogens is 238 g/mol. The summed E-state index contributed by atoms with van der Waals surface area (Å²) in [6.45, 7) is 14.7. The molecule has 0 bridgehead atoms. The lowest BCUT2D eigenvalue weighted by Gasteiger charge is -2.36. The lowest BCUT2D eigenvalue weighted by atomic mass is 9.96. The first-order chi connectivity index (χ1) is 9.38. The van der Waals surface area contributed by atoms with E-state index in [0.29, 0.717) is 0 Å². The quantitative estimate of drug-likeness (QED) is 0.815. The summed E-state index contributed by atoms with van der Waals surface area (Å²) in [6, 6.07) is 0. The van der Waals surface area contributed by atoms with Gasteiger partial charge in [-0.1, -0.05) is 13.8 Å². The maximum absolute atomic E-state index is 5.14. The van der Waals surface area contributed by atoms with Crippen LogP contribution in [0.2, 0.25) is 0 Å². The number of piperidine rings is 1. The minimum atomic E-state index is 0.877. The van der Waals surface area contributed by atoms with Gasteiger partial charge in [0.15, 0.2) is 0 Å². The Labute approximate surface area is 119 Å². The van der Waals surface area contributed by atoms with E-state index in [1.54, 1.807) is 7.11 Å². The van der Waals surface area contributed by atoms with E-state index in [0.717, 1.165) is 19.1 Å². The number of hydrogen-bond donors (Lipinski definition) is 1. The van der Waals surface area contributed by atoms with Gasteiger partial charge in [0.2, 0.25) is 0 Å². The largest absolute Gasteiger partial charge is 0.383 e. The first-order valence-electron chi connectivity index (χ1n) is 8.03. The van der Waals surface area contributed by atoms with Crippen molar-refractivity contribution >= 4 is 0 Å². The Bertz CT molecular complexity index is 200. The highest BCUT2D eigenvalue weighted by atomic mass is 16.5. The molecule has 2 saturated heterocycles. The fourth-order valence-electron chi connectivity index (χ4n) is 2.87. The van der Waals surface area contributed by atoms with Crippen LogP contribution >= 0.6 is 0 Å². The maximum atomic E-state index is 5.14. The monoisotopic (exact) mass is 271 g/mol. The average Bonchev–Trinajstić information content (AvgIpc) is 2.50. The van der Waals surface area contributed by atoms with Gasteiger partial charge in [-0.3, -0.25) is 0 Å². The van der Waals surface area contributed by atoms with Crippen molar-refractivity contribution in [2.24, 2.45) is 5.92 Å². The van der Waals surface area contributed by atoms with Crippen molar-refractivity contribution in [2.75, 3.05) is 66.1 Å². The zero-order valence-corrected chi connectivity index (χ0v) is 13.2. The fraction of sp³-hybridized carbons (Fsp3) is 1.00. The highest BCUT2D eigenvalue weighted by Crippen LogP contribution is 2.18. The van der Waals surface area contributed by atoms with E-state index in [1.807, 2.05) is 13.8 Å². The summed E-state index contributed by atoms with van der Waals surface area (Å²) in [5.74, 6) is 0.923. The molecule has 0 radical (unpaired) electrons. The Balaban J connectivity index is 0.000000861. The van der Waals surface area contributed by atoms with Crippen LogP contribution in [0.25, 0.3) is 0 Å². The number of methoxy groups -OCH3 is 1. The van der Waals surface area contributed by atoms with E-state index < -0.39 is 0 Å². The molecule has 0 aromatic carbocycles. The van der Waals surface area contributed by atoms with Gasteiger partial charge in [0, 0.05) is 46.4 Å². The average molecular weight is 271 g/mol. The van der Waals surface area contributed by atoms with E-state index in [-0.39, 0.29) is 0 Å². The molecule has 2 aliphatic rings. The standard InChI is InChI=1S/C13H27N3O.C2H6/c1-17-11-10-15-6-2-13(3-7-15)12-16-8-4-14-5-9-16;1-2/h13-14H,2-12H2,1H3;1-2H3. The third-order valence-corrected chi connectivity index (χ3v) is 4.04. The number of rotatable bonds is 5. The lowest BCUT2D eigenvalue weighted by Crippen LogP contribution is -2.47. The minimum Gasteiger partial charge on any atom is -0.383 e. The molecule has 0 spiro atoms. The first-order valence-corrected chi connectivity index (χ1v) is 8.03. The molecule has 114 valence electrons. The third kappa shape index (κ3) is 6.70. The van der Waals surface area contributed by atoms with Crippen LogP contribution in [0.1, 0.15) is 26.7 Å². The number of ether oxygens (including phenoxy) is 1. The second-order valence-corrected chi connectivity index (χ2v) is 5.33. The van der Waals surface area contributed by atoms with Gasteiger partial charge >= 0.3 is 0 Å². The van der Waals surface area contributed by atoms with Gasteiger partial charge in [-0.05, 0) is 31.8 Å². The predicted molar refractivity (Wildman–Crippen MR) is 81.7 cm³/mol. The molecule has 4 nitrogen and oxygen atoms in total. The van der Waals surface area contributed by atoms with Crippen LogP contribution in [0, 0.1) is 5.92 Å². The van der Waals surface area contributed by atoms with Crippen molar-refractivity contribution in [1.29, 1.82) is 0 Å². The molecule has 4 heteroatoms. The topological polar surface area (TPSA) is 27.7 Å². The van der Waals surface area contributed by atoms with Crippen LogP contribution < -0.4 is 5.32 Å². The van der Waals surface area contributed by atoms with Gasteiger partial charge in [-0.2, -0.15) is 0 Å². The van der Waals surface area contributed by atoms with Gasteiger partial charge < -0.3 is 19.9 Å². The number of likely N-dealkylation sites (tertiary alicyclic amines) is 1. The van der Waals surface area contributed by atoms with Crippen molar-refractivity contribution < 1.29 is 4.74 Å². The van der Waals surface area contributed by atoms with E-state index in [9.17, 15) is 0 Å². The van der Waals surface area contributed by atoms with Crippen LogP contribution in [0.4, 0.5) is 0 Å². The Hall–Kier alpha value is -0.160. The second-order valence-electron chi connectivity index (χ2n) is 5.33. The van der Waals surface area contributed by atoms with Crippen molar-refractivity contribution in [2.45, 2.75) is 26.7 Å². The van der Waals surface area contributed by atoms with Gasteiger partial charge in [-0.25, -0.2) is 0 Å².